The lowest BCUT2D eigenvalue weighted by molar-refractivity contribution is -0.293. The number of imide groups is 1. The van der Waals surface area contributed by atoms with Crippen molar-refractivity contribution in [1.82, 2.24) is 10.2 Å². The zero-order valence-corrected chi connectivity index (χ0v) is 11.3. The third-order valence-corrected chi connectivity index (χ3v) is 3.31. The van der Waals surface area contributed by atoms with Crippen LogP contribution in [0.3, 0.4) is 0 Å². The first-order valence-corrected chi connectivity index (χ1v) is 6.30. The average Bonchev–Trinajstić information content (AvgIpc) is 2.64. The van der Waals surface area contributed by atoms with E-state index < -0.39 is 42.8 Å². The van der Waals surface area contributed by atoms with Gasteiger partial charge in [-0.1, -0.05) is 30.3 Å². The van der Waals surface area contributed by atoms with Gasteiger partial charge >= 0.3 is 18.4 Å². The van der Waals surface area contributed by atoms with Crippen molar-refractivity contribution in [3.8, 4) is 0 Å². The number of carbonyl (C=O) groups excluding carboxylic acids is 2. The Bertz CT molecular complexity index is 585. The second-order valence-corrected chi connectivity index (χ2v) is 4.91. The van der Waals surface area contributed by atoms with E-state index in [4.69, 9.17) is 0 Å². The normalized spacial score (nSPS) is 19.4. The molecule has 0 saturated carbocycles. The molecule has 0 aliphatic carbocycles. The molecule has 0 bridgehead atoms. The summed E-state index contributed by atoms with van der Waals surface area (Å²) in [5, 5.41) is 1.51. The predicted molar refractivity (Wildman–Crippen MR) is 64.9 cm³/mol. The lowest BCUT2D eigenvalue weighted by Crippen LogP contribution is -2.53. The summed E-state index contributed by atoms with van der Waals surface area (Å²) in [6.07, 6.45) is -11.4. The minimum Gasteiger partial charge on any atom is -0.307 e. The lowest BCUT2D eigenvalue weighted by atomic mass is 9.96. The molecule has 1 unspecified atom stereocenters. The molecule has 23 heavy (non-hydrogen) atoms. The van der Waals surface area contributed by atoms with Gasteiger partial charge < -0.3 is 4.90 Å². The summed E-state index contributed by atoms with van der Waals surface area (Å²) < 4.78 is 77.1. The van der Waals surface area contributed by atoms with Crippen LogP contribution in [0, 0.1) is 5.92 Å². The van der Waals surface area contributed by atoms with Crippen LogP contribution in [0.4, 0.5) is 31.1 Å². The summed E-state index contributed by atoms with van der Waals surface area (Å²) in [4.78, 5) is 23.4. The summed E-state index contributed by atoms with van der Waals surface area (Å²) >= 11 is 0. The predicted octanol–water partition coefficient (Wildman–Crippen LogP) is 2.85. The summed E-state index contributed by atoms with van der Waals surface area (Å²) in [5.41, 5.74) is 0.297. The molecule has 126 valence electrons. The standard InChI is InChI=1S/C13H10F6N2O2/c14-12(15,16)9(13(17,18)19)8-10(22)20-11(23)21(8)6-7-4-2-1-3-5-7/h1-5,8-9H,6H2,(H,20,22,23). The summed E-state index contributed by atoms with van der Waals surface area (Å²) in [6, 6.07) is 3.46. The second kappa shape index (κ2) is 5.74. The van der Waals surface area contributed by atoms with Crippen LogP contribution in [-0.2, 0) is 11.3 Å². The number of halogens is 6. The minimum absolute atomic E-state index is 0.253. The van der Waals surface area contributed by atoms with Gasteiger partial charge in [-0.2, -0.15) is 26.3 Å². The molecule has 1 heterocycles. The van der Waals surface area contributed by atoms with Gasteiger partial charge in [0.05, 0.1) is 0 Å². The van der Waals surface area contributed by atoms with Crippen molar-refractivity contribution in [3.05, 3.63) is 35.9 Å². The fourth-order valence-corrected chi connectivity index (χ4v) is 2.34. The molecule has 10 heteroatoms. The van der Waals surface area contributed by atoms with Crippen LogP contribution in [0.25, 0.3) is 0 Å². The zero-order valence-electron chi connectivity index (χ0n) is 11.3. The van der Waals surface area contributed by atoms with E-state index in [1.165, 1.54) is 29.6 Å². The SMILES string of the molecule is O=C1NC(=O)N(Cc2ccccc2)C1C(C(F)(F)F)C(F)(F)F. The van der Waals surface area contributed by atoms with Crippen molar-refractivity contribution >= 4 is 11.9 Å². The van der Waals surface area contributed by atoms with Gasteiger partial charge in [-0.15, -0.1) is 0 Å². The maximum absolute atomic E-state index is 12.8. The Morgan fingerprint density at radius 1 is 1.00 bits per heavy atom. The number of nitrogens with one attached hydrogen (secondary N) is 1. The highest BCUT2D eigenvalue weighted by molar-refractivity contribution is 6.04. The quantitative estimate of drug-likeness (QED) is 0.680. The first-order valence-electron chi connectivity index (χ1n) is 6.30. The topological polar surface area (TPSA) is 49.4 Å². The molecule has 1 saturated heterocycles. The number of alkyl halides is 6. The Morgan fingerprint density at radius 3 is 2.00 bits per heavy atom. The number of hydrogen-bond acceptors (Lipinski definition) is 2. The van der Waals surface area contributed by atoms with Gasteiger partial charge in [0, 0.05) is 6.54 Å². The summed E-state index contributed by atoms with van der Waals surface area (Å²) in [7, 11) is 0. The molecule has 1 N–H and O–H groups in total. The van der Waals surface area contributed by atoms with Crippen molar-refractivity contribution in [2.24, 2.45) is 5.92 Å². The molecule has 4 nitrogen and oxygen atoms in total. The van der Waals surface area contributed by atoms with Gasteiger partial charge in [0.2, 0.25) is 0 Å². The molecule has 1 fully saturated rings. The highest BCUT2D eigenvalue weighted by Crippen LogP contribution is 2.44. The maximum atomic E-state index is 12.8. The van der Waals surface area contributed by atoms with E-state index in [0.29, 0.717) is 5.56 Å². The molecule has 1 aliphatic rings. The van der Waals surface area contributed by atoms with Crippen LogP contribution in [0.5, 0.6) is 0 Å². The van der Waals surface area contributed by atoms with Gasteiger partial charge in [-0.3, -0.25) is 10.1 Å². The van der Waals surface area contributed by atoms with Crippen molar-refractivity contribution in [2.45, 2.75) is 24.9 Å². The number of benzene rings is 1. The van der Waals surface area contributed by atoms with Crippen LogP contribution in [0.1, 0.15) is 5.56 Å². The number of nitrogens with zero attached hydrogens (tertiary/aromatic N) is 1. The number of amides is 3. The zero-order chi connectivity index (χ0) is 17.4. The Labute approximate surface area is 126 Å². The van der Waals surface area contributed by atoms with Crippen LogP contribution >= 0.6 is 0 Å². The lowest BCUT2D eigenvalue weighted by Gasteiger charge is -2.31. The molecule has 0 spiro atoms. The molecular formula is C13H10F6N2O2. The van der Waals surface area contributed by atoms with Crippen LogP contribution in [0.15, 0.2) is 30.3 Å². The van der Waals surface area contributed by atoms with Crippen LogP contribution < -0.4 is 5.32 Å². The molecule has 0 radical (unpaired) electrons. The molecular weight excluding hydrogens is 330 g/mol. The third-order valence-electron chi connectivity index (χ3n) is 3.31. The van der Waals surface area contributed by atoms with E-state index >= 15 is 0 Å². The van der Waals surface area contributed by atoms with Crippen LogP contribution in [0.2, 0.25) is 0 Å². The van der Waals surface area contributed by atoms with Gasteiger partial charge in [0.1, 0.15) is 6.04 Å². The first-order chi connectivity index (χ1) is 10.5. The van der Waals surface area contributed by atoms with Crippen molar-refractivity contribution < 1.29 is 35.9 Å². The Kier molecular flexibility index (Phi) is 4.27. The monoisotopic (exact) mass is 340 g/mol. The summed E-state index contributed by atoms with van der Waals surface area (Å²) in [6.45, 7) is -0.550. The third kappa shape index (κ3) is 3.57. The highest BCUT2D eigenvalue weighted by Gasteiger charge is 2.65. The van der Waals surface area contributed by atoms with Gasteiger partial charge in [-0.25, -0.2) is 4.79 Å². The van der Waals surface area contributed by atoms with Crippen molar-refractivity contribution in [3.63, 3.8) is 0 Å². The van der Waals surface area contributed by atoms with E-state index in [9.17, 15) is 35.9 Å². The highest BCUT2D eigenvalue weighted by atomic mass is 19.4. The van der Waals surface area contributed by atoms with E-state index in [0.717, 1.165) is 0 Å². The average molecular weight is 340 g/mol. The van der Waals surface area contributed by atoms with Gasteiger partial charge in [0.15, 0.2) is 5.92 Å². The Hall–Kier alpha value is -2.26. The number of rotatable bonds is 3. The van der Waals surface area contributed by atoms with E-state index in [1.54, 1.807) is 6.07 Å². The van der Waals surface area contributed by atoms with E-state index in [-0.39, 0.29) is 4.90 Å². The van der Waals surface area contributed by atoms with Crippen molar-refractivity contribution in [1.29, 1.82) is 0 Å². The Morgan fingerprint density at radius 2 is 1.52 bits per heavy atom. The molecule has 1 aromatic carbocycles. The molecule has 1 atom stereocenters. The van der Waals surface area contributed by atoms with E-state index in [1.807, 2.05) is 0 Å². The largest absolute Gasteiger partial charge is 0.403 e. The van der Waals surface area contributed by atoms with Gasteiger partial charge in [-0.05, 0) is 5.56 Å². The molecule has 3 amide bonds. The first kappa shape index (κ1) is 17.1. The second-order valence-electron chi connectivity index (χ2n) is 4.91. The van der Waals surface area contributed by atoms with Gasteiger partial charge in [0.25, 0.3) is 5.91 Å². The fraction of sp³-hybridized carbons (Fsp3) is 0.385. The summed E-state index contributed by atoms with van der Waals surface area (Å²) in [5.74, 6) is -5.57. The van der Waals surface area contributed by atoms with E-state index in [2.05, 4.69) is 0 Å². The molecule has 1 aromatic rings. The fourth-order valence-electron chi connectivity index (χ4n) is 2.34. The van der Waals surface area contributed by atoms with Crippen molar-refractivity contribution in [2.75, 3.05) is 0 Å². The number of urea groups is 1. The number of carbonyl (C=O) groups is 2. The maximum Gasteiger partial charge on any atom is 0.403 e. The molecule has 0 aromatic heterocycles. The minimum atomic E-state index is -5.72. The molecule has 1 aliphatic heterocycles. The smallest absolute Gasteiger partial charge is 0.307 e. The number of hydrogen-bond donors (Lipinski definition) is 1. The van der Waals surface area contributed by atoms with Crippen LogP contribution in [-0.4, -0.2) is 35.2 Å². The Balaban J connectivity index is 2.39. The molecule has 2 rings (SSSR count).